The zero-order valence-electron chi connectivity index (χ0n) is 20.9. The highest BCUT2D eigenvalue weighted by molar-refractivity contribution is 5.99. The number of phenolic OH excluding ortho intramolecular Hbond substituents is 1. The van der Waals surface area contributed by atoms with Gasteiger partial charge < -0.3 is 20.1 Å². The molecule has 0 radical (unpaired) electrons. The van der Waals surface area contributed by atoms with Crippen molar-refractivity contribution in [3.8, 4) is 23.0 Å². The molecule has 2 fully saturated rings. The first-order valence-corrected chi connectivity index (χ1v) is 13.0. The normalized spacial score (nSPS) is 18.7. The Morgan fingerprint density at radius 1 is 0.949 bits per heavy atom. The van der Waals surface area contributed by atoms with Gasteiger partial charge >= 0.3 is 6.01 Å². The third kappa shape index (κ3) is 4.28. The number of hydrogen-bond acceptors (Lipinski definition) is 7. The van der Waals surface area contributed by atoms with Gasteiger partial charge in [-0.2, -0.15) is 9.97 Å². The van der Waals surface area contributed by atoms with Crippen molar-refractivity contribution in [1.82, 2.24) is 20.3 Å². The summed E-state index contributed by atoms with van der Waals surface area (Å²) in [6.45, 7) is 1.34. The van der Waals surface area contributed by atoms with Crippen LogP contribution in [0.3, 0.4) is 0 Å². The molecule has 0 amide bonds. The second kappa shape index (κ2) is 9.43. The fourth-order valence-electron chi connectivity index (χ4n) is 5.73. The molecule has 2 N–H and O–H groups in total. The van der Waals surface area contributed by atoms with Gasteiger partial charge in [0.1, 0.15) is 35.2 Å². The van der Waals surface area contributed by atoms with Gasteiger partial charge in [0.15, 0.2) is 5.82 Å². The lowest BCUT2D eigenvalue weighted by molar-refractivity contribution is 0.276. The molecule has 4 heterocycles. The SMILES string of the molecule is Oc1cc(-c2ncc3c(N4CC5CCC(C4)N5)nc(OCc4ccccc4F)nc3c2F)c2ccccc2c1. The zero-order valence-corrected chi connectivity index (χ0v) is 20.9. The molecule has 2 aromatic heterocycles. The molecule has 196 valence electrons. The van der Waals surface area contributed by atoms with Crippen molar-refractivity contribution < 1.29 is 18.6 Å². The number of rotatable bonds is 5. The highest BCUT2D eigenvalue weighted by atomic mass is 19.1. The van der Waals surface area contributed by atoms with E-state index in [0.29, 0.717) is 34.4 Å². The molecule has 0 spiro atoms. The molecule has 0 aliphatic carbocycles. The van der Waals surface area contributed by atoms with E-state index in [1.165, 1.54) is 12.1 Å². The lowest BCUT2D eigenvalue weighted by atomic mass is 10.0. The smallest absolute Gasteiger partial charge is 0.319 e. The first kappa shape index (κ1) is 23.7. The number of anilines is 1. The number of pyridine rings is 1. The number of piperazine rings is 1. The van der Waals surface area contributed by atoms with Crippen LogP contribution in [0.25, 0.3) is 32.9 Å². The first-order chi connectivity index (χ1) is 19.0. The Morgan fingerprint density at radius 2 is 1.72 bits per heavy atom. The molecule has 5 aromatic rings. The number of halogens is 2. The van der Waals surface area contributed by atoms with Crippen LogP contribution in [0, 0.1) is 11.6 Å². The third-order valence-corrected chi connectivity index (χ3v) is 7.58. The van der Waals surface area contributed by atoms with Crippen molar-refractivity contribution >= 4 is 27.5 Å². The summed E-state index contributed by atoms with van der Waals surface area (Å²) in [4.78, 5) is 15.8. The number of nitrogens with one attached hydrogen (secondary N) is 1. The summed E-state index contributed by atoms with van der Waals surface area (Å²) >= 11 is 0. The van der Waals surface area contributed by atoms with Crippen LogP contribution < -0.4 is 15.0 Å². The summed E-state index contributed by atoms with van der Waals surface area (Å²) in [5.41, 5.74) is 0.941. The van der Waals surface area contributed by atoms with Crippen molar-refractivity contribution in [1.29, 1.82) is 0 Å². The zero-order chi connectivity index (χ0) is 26.5. The van der Waals surface area contributed by atoms with Gasteiger partial charge in [0.25, 0.3) is 0 Å². The average molecular weight is 526 g/mol. The molecule has 2 bridgehead atoms. The van der Waals surface area contributed by atoms with E-state index in [1.54, 1.807) is 30.5 Å². The summed E-state index contributed by atoms with van der Waals surface area (Å²) in [5, 5.41) is 15.9. The summed E-state index contributed by atoms with van der Waals surface area (Å²) in [5.74, 6) is -0.481. The van der Waals surface area contributed by atoms with Crippen LogP contribution in [0.4, 0.5) is 14.6 Å². The molecule has 2 saturated heterocycles. The molecule has 3 aromatic carbocycles. The maximum atomic E-state index is 16.4. The van der Waals surface area contributed by atoms with Crippen LogP contribution in [0.5, 0.6) is 11.8 Å². The standard InChI is InChI=1S/C30H25F2N5O2/c31-25-8-4-2-6-18(25)16-39-30-35-28-24(29(36-30)37-14-19-9-10-20(15-37)34-19)13-33-27(26(28)32)23-12-21(38)11-17-5-1-3-7-22(17)23/h1-8,11-13,19-20,34,38H,9-10,14-16H2. The van der Waals surface area contributed by atoms with Crippen LogP contribution in [-0.2, 0) is 6.61 Å². The Labute approximate surface area is 223 Å². The minimum absolute atomic E-state index is 0.0126. The number of hydrogen-bond donors (Lipinski definition) is 2. The van der Waals surface area contributed by atoms with E-state index in [2.05, 4.69) is 25.2 Å². The molecule has 2 unspecified atom stereocenters. The summed E-state index contributed by atoms with van der Waals surface area (Å²) in [6, 6.07) is 17.5. The highest BCUT2D eigenvalue weighted by Crippen LogP contribution is 2.37. The molecule has 7 rings (SSSR count). The Bertz CT molecular complexity index is 1720. The van der Waals surface area contributed by atoms with Crippen molar-refractivity contribution in [3.05, 3.63) is 84.1 Å². The third-order valence-electron chi connectivity index (χ3n) is 7.58. The predicted octanol–water partition coefficient (Wildman–Crippen LogP) is 5.35. The molecule has 9 heteroatoms. The summed E-state index contributed by atoms with van der Waals surface area (Å²) < 4.78 is 36.4. The van der Waals surface area contributed by atoms with E-state index in [1.807, 2.05) is 24.3 Å². The monoisotopic (exact) mass is 525 g/mol. The molecule has 0 saturated carbocycles. The number of phenols is 1. The minimum Gasteiger partial charge on any atom is -0.508 e. The number of aromatic nitrogens is 3. The Morgan fingerprint density at radius 3 is 2.54 bits per heavy atom. The molecule has 2 atom stereocenters. The van der Waals surface area contributed by atoms with E-state index in [0.717, 1.165) is 36.7 Å². The fourth-order valence-corrected chi connectivity index (χ4v) is 5.73. The van der Waals surface area contributed by atoms with E-state index in [-0.39, 0.29) is 29.6 Å². The molecule has 7 nitrogen and oxygen atoms in total. The molecular weight excluding hydrogens is 500 g/mol. The Hall–Kier alpha value is -4.37. The predicted molar refractivity (Wildman–Crippen MR) is 145 cm³/mol. The van der Waals surface area contributed by atoms with Crippen LogP contribution in [0.1, 0.15) is 18.4 Å². The van der Waals surface area contributed by atoms with Crippen LogP contribution >= 0.6 is 0 Å². The molecule has 2 aliphatic heterocycles. The van der Waals surface area contributed by atoms with E-state index in [4.69, 9.17) is 4.74 Å². The van der Waals surface area contributed by atoms with Crippen molar-refractivity contribution in [2.45, 2.75) is 31.5 Å². The molecular formula is C30H25F2N5O2. The maximum Gasteiger partial charge on any atom is 0.319 e. The van der Waals surface area contributed by atoms with Gasteiger partial charge in [-0.1, -0.05) is 42.5 Å². The van der Waals surface area contributed by atoms with Gasteiger partial charge in [-0.05, 0) is 41.8 Å². The van der Waals surface area contributed by atoms with Crippen molar-refractivity contribution in [2.75, 3.05) is 18.0 Å². The second-order valence-corrected chi connectivity index (χ2v) is 10.2. The fraction of sp³-hybridized carbons (Fsp3) is 0.233. The van der Waals surface area contributed by atoms with E-state index >= 15 is 4.39 Å². The average Bonchev–Trinajstić information content (AvgIpc) is 3.29. The van der Waals surface area contributed by atoms with E-state index in [9.17, 15) is 9.50 Å². The highest BCUT2D eigenvalue weighted by Gasteiger charge is 2.34. The molecule has 2 aliphatic rings. The number of benzene rings is 3. The quantitative estimate of drug-likeness (QED) is 0.320. The summed E-state index contributed by atoms with van der Waals surface area (Å²) in [6.07, 6.45) is 3.73. The van der Waals surface area contributed by atoms with Gasteiger partial charge in [-0.25, -0.2) is 8.78 Å². The Balaban J connectivity index is 1.37. The number of aromatic hydroxyl groups is 1. The molecule has 39 heavy (non-hydrogen) atoms. The van der Waals surface area contributed by atoms with Crippen LogP contribution in [0.2, 0.25) is 0 Å². The Kier molecular flexibility index (Phi) is 5.73. The largest absolute Gasteiger partial charge is 0.508 e. The van der Waals surface area contributed by atoms with Crippen LogP contribution in [-0.4, -0.2) is 45.2 Å². The van der Waals surface area contributed by atoms with Crippen LogP contribution in [0.15, 0.2) is 66.9 Å². The summed E-state index contributed by atoms with van der Waals surface area (Å²) in [7, 11) is 0. The number of ether oxygens (including phenoxy) is 1. The first-order valence-electron chi connectivity index (χ1n) is 13.0. The van der Waals surface area contributed by atoms with Gasteiger partial charge in [0.05, 0.1) is 5.39 Å². The number of nitrogens with zero attached hydrogens (tertiary/aromatic N) is 4. The topological polar surface area (TPSA) is 83.4 Å². The minimum atomic E-state index is -0.638. The van der Waals surface area contributed by atoms with Gasteiger partial charge in [0, 0.05) is 42.5 Å². The van der Waals surface area contributed by atoms with E-state index < -0.39 is 11.6 Å². The van der Waals surface area contributed by atoms with Crippen molar-refractivity contribution in [3.63, 3.8) is 0 Å². The number of fused-ring (bicyclic) bond motifs is 4. The van der Waals surface area contributed by atoms with Crippen molar-refractivity contribution in [2.24, 2.45) is 0 Å². The second-order valence-electron chi connectivity index (χ2n) is 10.2. The lowest BCUT2D eigenvalue weighted by Crippen LogP contribution is -2.51. The van der Waals surface area contributed by atoms with Gasteiger partial charge in [0.2, 0.25) is 0 Å². The van der Waals surface area contributed by atoms with Gasteiger partial charge in [-0.15, -0.1) is 0 Å². The lowest BCUT2D eigenvalue weighted by Gasteiger charge is -2.34. The maximum absolute atomic E-state index is 16.4. The van der Waals surface area contributed by atoms with Gasteiger partial charge in [-0.3, -0.25) is 4.98 Å².